The molecule has 1 heterocycles. The predicted octanol–water partition coefficient (Wildman–Crippen LogP) is 0.660. The predicted molar refractivity (Wildman–Crippen MR) is 62.6 cm³/mol. The molecule has 100 valence electrons. The van der Waals surface area contributed by atoms with E-state index in [-0.39, 0.29) is 12.5 Å². The molecule has 1 spiro atoms. The quantitative estimate of drug-likeness (QED) is 0.751. The summed E-state index contributed by atoms with van der Waals surface area (Å²) in [5.41, 5.74) is -1.78. The molecule has 0 aromatic rings. The fourth-order valence-electron chi connectivity index (χ4n) is 2.61. The van der Waals surface area contributed by atoms with Gasteiger partial charge < -0.3 is 4.74 Å². The van der Waals surface area contributed by atoms with Crippen molar-refractivity contribution in [3.63, 3.8) is 0 Å². The third-order valence-corrected chi connectivity index (χ3v) is 3.78. The normalized spacial score (nSPS) is 23.1. The Kier molecular flexibility index (Phi) is 2.93. The lowest BCUT2D eigenvalue weighted by atomic mass is 9.66. The van der Waals surface area contributed by atoms with Gasteiger partial charge in [-0.15, -0.1) is 0 Å². The van der Waals surface area contributed by atoms with Crippen LogP contribution < -0.4 is 5.32 Å². The van der Waals surface area contributed by atoms with Gasteiger partial charge in [0.2, 0.25) is 11.8 Å². The minimum atomic E-state index is -1.01. The van der Waals surface area contributed by atoms with E-state index in [9.17, 15) is 14.4 Å². The minimum Gasteiger partial charge on any atom is -0.382 e. The Morgan fingerprint density at radius 3 is 2.39 bits per heavy atom. The van der Waals surface area contributed by atoms with Gasteiger partial charge in [0.1, 0.15) is 5.41 Å². The number of barbiturate groups is 1. The van der Waals surface area contributed by atoms with Gasteiger partial charge >= 0.3 is 6.03 Å². The molecule has 2 rings (SSSR count). The molecule has 0 radical (unpaired) electrons. The lowest BCUT2D eigenvalue weighted by molar-refractivity contribution is -0.162. The van der Waals surface area contributed by atoms with Gasteiger partial charge in [0.05, 0.1) is 12.1 Å². The first-order valence-electron chi connectivity index (χ1n) is 6.04. The Morgan fingerprint density at radius 2 is 1.94 bits per heavy atom. The molecule has 18 heavy (non-hydrogen) atoms. The molecule has 2 fully saturated rings. The van der Waals surface area contributed by atoms with Crippen molar-refractivity contribution >= 4 is 17.8 Å². The average molecular weight is 254 g/mol. The molecule has 2 aliphatic rings. The van der Waals surface area contributed by atoms with Gasteiger partial charge in [0.25, 0.3) is 0 Å². The Hall–Kier alpha value is -1.43. The van der Waals surface area contributed by atoms with Gasteiger partial charge in [-0.2, -0.15) is 0 Å². The van der Waals surface area contributed by atoms with Gasteiger partial charge in [-0.25, -0.2) is 4.79 Å². The first kappa shape index (κ1) is 13.0. The van der Waals surface area contributed by atoms with E-state index < -0.39 is 22.9 Å². The third-order valence-electron chi connectivity index (χ3n) is 3.78. The highest BCUT2D eigenvalue weighted by atomic mass is 16.5. The number of nitrogens with one attached hydrogen (secondary N) is 1. The molecular formula is C12H18N2O4. The van der Waals surface area contributed by atoms with Crippen molar-refractivity contribution in [2.45, 2.75) is 38.6 Å². The van der Waals surface area contributed by atoms with Gasteiger partial charge in [0, 0.05) is 7.11 Å². The summed E-state index contributed by atoms with van der Waals surface area (Å²) in [5, 5.41) is 2.29. The third kappa shape index (κ3) is 1.63. The topological polar surface area (TPSA) is 75.7 Å². The van der Waals surface area contributed by atoms with Crippen molar-refractivity contribution in [2.24, 2.45) is 5.41 Å². The molecule has 0 atom stereocenters. The van der Waals surface area contributed by atoms with E-state index in [1.165, 1.54) is 7.11 Å². The van der Waals surface area contributed by atoms with E-state index in [2.05, 4.69) is 5.32 Å². The van der Waals surface area contributed by atoms with Crippen molar-refractivity contribution in [3.8, 4) is 0 Å². The summed E-state index contributed by atoms with van der Waals surface area (Å²) in [6.07, 6.45) is 1.88. The SMILES string of the molecule is COCC(C)(C)N1C(=O)NC(=O)C2(CCC2)C1=O. The summed E-state index contributed by atoms with van der Waals surface area (Å²) in [5.74, 6) is -0.835. The highest BCUT2D eigenvalue weighted by molar-refractivity contribution is 6.20. The van der Waals surface area contributed by atoms with Gasteiger partial charge in [-0.05, 0) is 26.7 Å². The molecule has 0 unspecified atom stereocenters. The molecule has 1 N–H and O–H groups in total. The first-order chi connectivity index (χ1) is 8.35. The van der Waals surface area contributed by atoms with Crippen LogP contribution in [-0.4, -0.2) is 42.0 Å². The number of amides is 4. The van der Waals surface area contributed by atoms with E-state index >= 15 is 0 Å². The highest BCUT2D eigenvalue weighted by Crippen LogP contribution is 2.45. The summed E-state index contributed by atoms with van der Waals surface area (Å²) >= 11 is 0. The Bertz CT molecular complexity index is 412. The average Bonchev–Trinajstić information content (AvgIpc) is 2.12. The smallest absolute Gasteiger partial charge is 0.331 e. The number of carbonyl (C=O) groups excluding carboxylic acids is 3. The first-order valence-corrected chi connectivity index (χ1v) is 6.04. The van der Waals surface area contributed by atoms with Crippen molar-refractivity contribution < 1.29 is 19.1 Å². The molecule has 6 heteroatoms. The van der Waals surface area contributed by atoms with Crippen LogP contribution in [0.2, 0.25) is 0 Å². The van der Waals surface area contributed by atoms with Crippen molar-refractivity contribution in [1.82, 2.24) is 10.2 Å². The van der Waals surface area contributed by atoms with E-state index in [0.29, 0.717) is 12.8 Å². The van der Waals surface area contributed by atoms with Crippen LogP contribution in [0.5, 0.6) is 0 Å². The summed E-state index contributed by atoms with van der Waals surface area (Å²) in [6, 6.07) is -0.649. The lowest BCUT2D eigenvalue weighted by Crippen LogP contribution is -2.70. The second-order valence-corrected chi connectivity index (χ2v) is 5.58. The van der Waals surface area contributed by atoms with E-state index in [0.717, 1.165) is 11.3 Å². The number of hydrogen-bond acceptors (Lipinski definition) is 4. The molecule has 1 saturated carbocycles. The number of urea groups is 1. The maximum atomic E-state index is 12.5. The second-order valence-electron chi connectivity index (χ2n) is 5.58. The fourth-order valence-corrected chi connectivity index (χ4v) is 2.61. The summed E-state index contributed by atoms with van der Waals surface area (Å²) in [6.45, 7) is 3.72. The van der Waals surface area contributed by atoms with Crippen LogP contribution in [0.3, 0.4) is 0 Å². The summed E-state index contributed by atoms with van der Waals surface area (Å²) < 4.78 is 5.04. The van der Waals surface area contributed by atoms with Crippen molar-refractivity contribution in [2.75, 3.05) is 13.7 Å². The molecule has 1 aliphatic carbocycles. The Labute approximate surface area is 106 Å². The highest BCUT2D eigenvalue weighted by Gasteiger charge is 2.59. The number of nitrogens with zero attached hydrogens (tertiary/aromatic N) is 1. The van der Waals surface area contributed by atoms with Gasteiger partial charge in [0.15, 0.2) is 0 Å². The van der Waals surface area contributed by atoms with Crippen LogP contribution >= 0.6 is 0 Å². The maximum absolute atomic E-state index is 12.5. The number of hydrogen-bond donors (Lipinski definition) is 1. The lowest BCUT2D eigenvalue weighted by Gasteiger charge is -2.49. The van der Waals surface area contributed by atoms with Crippen LogP contribution in [0.4, 0.5) is 4.79 Å². The minimum absolute atomic E-state index is 0.233. The van der Waals surface area contributed by atoms with E-state index in [1.807, 2.05) is 0 Å². The molecule has 0 aromatic carbocycles. The summed E-state index contributed by atoms with van der Waals surface area (Å²) in [7, 11) is 1.51. The molecular weight excluding hydrogens is 236 g/mol. The van der Waals surface area contributed by atoms with Crippen LogP contribution in [0, 0.1) is 5.41 Å². The molecule has 1 aliphatic heterocycles. The Morgan fingerprint density at radius 1 is 1.33 bits per heavy atom. The number of ether oxygens (including phenoxy) is 1. The summed E-state index contributed by atoms with van der Waals surface area (Å²) in [4.78, 5) is 37.3. The number of imide groups is 2. The van der Waals surface area contributed by atoms with Crippen molar-refractivity contribution in [1.29, 1.82) is 0 Å². The zero-order valence-electron chi connectivity index (χ0n) is 10.9. The van der Waals surface area contributed by atoms with Gasteiger partial charge in [-0.3, -0.25) is 19.8 Å². The molecule has 0 aromatic heterocycles. The standard InChI is InChI=1S/C12H18N2O4/c1-11(2,7-18-3)14-9(16)12(5-4-6-12)8(15)13-10(14)17/h4-7H2,1-3H3,(H,13,15,17). The number of rotatable bonds is 3. The largest absolute Gasteiger partial charge is 0.382 e. The van der Waals surface area contributed by atoms with E-state index in [4.69, 9.17) is 4.74 Å². The monoisotopic (exact) mass is 254 g/mol. The molecule has 4 amide bonds. The maximum Gasteiger partial charge on any atom is 0.331 e. The van der Waals surface area contributed by atoms with E-state index in [1.54, 1.807) is 13.8 Å². The second kappa shape index (κ2) is 4.05. The Balaban J connectivity index is 2.33. The molecule has 6 nitrogen and oxygen atoms in total. The number of methoxy groups -OCH3 is 1. The van der Waals surface area contributed by atoms with Crippen molar-refractivity contribution in [3.05, 3.63) is 0 Å². The number of carbonyl (C=O) groups is 3. The molecule has 0 bridgehead atoms. The van der Waals surface area contributed by atoms with Crippen LogP contribution in [-0.2, 0) is 14.3 Å². The molecule has 1 saturated heterocycles. The van der Waals surface area contributed by atoms with Gasteiger partial charge in [-0.1, -0.05) is 6.42 Å². The fraction of sp³-hybridized carbons (Fsp3) is 0.750. The zero-order valence-corrected chi connectivity index (χ0v) is 10.9. The zero-order chi connectivity index (χ0) is 13.6. The van der Waals surface area contributed by atoms with Crippen LogP contribution in [0.15, 0.2) is 0 Å². The van der Waals surface area contributed by atoms with Crippen LogP contribution in [0.25, 0.3) is 0 Å². The van der Waals surface area contributed by atoms with Crippen LogP contribution in [0.1, 0.15) is 33.1 Å².